The van der Waals surface area contributed by atoms with Crippen LogP contribution in [0.3, 0.4) is 0 Å². The van der Waals surface area contributed by atoms with Gasteiger partial charge in [-0.15, -0.1) is 0 Å². The summed E-state index contributed by atoms with van der Waals surface area (Å²) in [7, 11) is 0. The fraction of sp³-hybridized carbons (Fsp3) is 1.00. The molecule has 2 heteroatoms. The highest BCUT2D eigenvalue weighted by Gasteiger charge is 2.36. The zero-order valence-corrected chi connectivity index (χ0v) is 12.0. The molecule has 0 aromatic carbocycles. The van der Waals surface area contributed by atoms with E-state index in [1.807, 2.05) is 0 Å². The van der Waals surface area contributed by atoms with Crippen molar-refractivity contribution >= 4 is 0 Å². The van der Waals surface area contributed by atoms with Gasteiger partial charge in [-0.1, -0.05) is 33.1 Å². The Morgan fingerprint density at radius 2 is 1.39 bits per heavy atom. The molecule has 6 atom stereocenters. The van der Waals surface area contributed by atoms with Gasteiger partial charge in [-0.2, -0.15) is 0 Å². The molecule has 2 aliphatic carbocycles. The van der Waals surface area contributed by atoms with E-state index in [9.17, 15) is 10.2 Å². The molecule has 2 rings (SSSR count). The van der Waals surface area contributed by atoms with Crippen molar-refractivity contribution in [2.45, 2.75) is 77.4 Å². The molecule has 106 valence electrons. The van der Waals surface area contributed by atoms with Crippen LogP contribution < -0.4 is 0 Å². The van der Waals surface area contributed by atoms with Gasteiger partial charge in [0.2, 0.25) is 0 Å². The maximum Gasteiger partial charge on any atom is 0.0596 e. The second kappa shape index (κ2) is 6.38. The molecule has 2 fully saturated rings. The maximum absolute atomic E-state index is 10.4. The summed E-state index contributed by atoms with van der Waals surface area (Å²) >= 11 is 0. The molecular formula is C16H30O2. The Balaban J connectivity index is 1.91. The van der Waals surface area contributed by atoms with Crippen LogP contribution in [-0.4, -0.2) is 22.4 Å². The van der Waals surface area contributed by atoms with Crippen molar-refractivity contribution < 1.29 is 10.2 Å². The third-order valence-electron chi connectivity index (χ3n) is 5.55. The van der Waals surface area contributed by atoms with Gasteiger partial charge in [0.25, 0.3) is 0 Å². The van der Waals surface area contributed by atoms with E-state index in [4.69, 9.17) is 0 Å². The minimum absolute atomic E-state index is 0.117. The Bertz CT molecular complexity index is 253. The number of aliphatic hydroxyl groups excluding tert-OH is 2. The van der Waals surface area contributed by atoms with E-state index in [1.54, 1.807) is 0 Å². The van der Waals surface area contributed by atoms with Crippen molar-refractivity contribution in [3.05, 3.63) is 0 Å². The van der Waals surface area contributed by atoms with E-state index < -0.39 is 0 Å². The summed E-state index contributed by atoms with van der Waals surface area (Å²) in [5.74, 6) is 1.83. The van der Waals surface area contributed by atoms with E-state index in [2.05, 4.69) is 13.8 Å². The van der Waals surface area contributed by atoms with Gasteiger partial charge >= 0.3 is 0 Å². The molecule has 0 heterocycles. The Kier molecular flexibility index (Phi) is 5.08. The van der Waals surface area contributed by atoms with Crippen LogP contribution in [0.5, 0.6) is 0 Å². The van der Waals surface area contributed by atoms with Crippen molar-refractivity contribution in [2.75, 3.05) is 0 Å². The molecule has 6 unspecified atom stereocenters. The van der Waals surface area contributed by atoms with Crippen molar-refractivity contribution in [3.8, 4) is 0 Å². The predicted molar refractivity (Wildman–Crippen MR) is 74.3 cm³/mol. The number of rotatable bonds is 3. The Morgan fingerprint density at radius 1 is 0.833 bits per heavy atom. The number of aliphatic hydroxyl groups is 2. The van der Waals surface area contributed by atoms with Gasteiger partial charge < -0.3 is 10.2 Å². The van der Waals surface area contributed by atoms with Gasteiger partial charge in [0, 0.05) is 0 Å². The monoisotopic (exact) mass is 254 g/mol. The summed E-state index contributed by atoms with van der Waals surface area (Å²) in [6.07, 6.45) is 9.09. The molecule has 2 saturated carbocycles. The maximum atomic E-state index is 10.4. The minimum atomic E-state index is -0.132. The highest BCUT2D eigenvalue weighted by Crippen LogP contribution is 2.39. The molecule has 0 spiro atoms. The second-order valence-electron chi connectivity index (χ2n) is 6.74. The molecule has 0 aromatic heterocycles. The lowest BCUT2D eigenvalue weighted by atomic mass is 9.69. The molecule has 0 aliphatic heterocycles. The van der Waals surface area contributed by atoms with Crippen molar-refractivity contribution in [2.24, 2.45) is 23.7 Å². The average molecular weight is 254 g/mol. The highest BCUT2D eigenvalue weighted by atomic mass is 16.3. The summed E-state index contributed by atoms with van der Waals surface area (Å²) in [6, 6.07) is 0. The van der Waals surface area contributed by atoms with Crippen molar-refractivity contribution in [1.29, 1.82) is 0 Å². The Hall–Kier alpha value is -0.0800. The quantitative estimate of drug-likeness (QED) is 0.810. The predicted octanol–water partition coefficient (Wildman–Crippen LogP) is 3.36. The van der Waals surface area contributed by atoms with Crippen LogP contribution in [-0.2, 0) is 0 Å². The molecule has 0 bridgehead atoms. The first-order chi connectivity index (χ1) is 8.63. The Morgan fingerprint density at radius 3 is 2.06 bits per heavy atom. The zero-order chi connectivity index (χ0) is 13.1. The van der Waals surface area contributed by atoms with E-state index in [1.165, 1.54) is 25.7 Å². The summed E-state index contributed by atoms with van der Waals surface area (Å²) < 4.78 is 0. The molecule has 2 aliphatic rings. The third-order valence-corrected chi connectivity index (χ3v) is 5.55. The molecule has 18 heavy (non-hydrogen) atoms. The normalized spacial score (nSPS) is 46.0. The lowest BCUT2D eigenvalue weighted by Crippen LogP contribution is -2.38. The molecule has 2 nitrogen and oxygen atoms in total. The van der Waals surface area contributed by atoms with E-state index in [-0.39, 0.29) is 12.2 Å². The number of hydrogen-bond acceptors (Lipinski definition) is 2. The van der Waals surface area contributed by atoms with E-state index >= 15 is 0 Å². The molecule has 0 saturated heterocycles. The lowest BCUT2D eigenvalue weighted by molar-refractivity contribution is -0.0293. The smallest absolute Gasteiger partial charge is 0.0596 e. The highest BCUT2D eigenvalue weighted by molar-refractivity contribution is 4.87. The van der Waals surface area contributed by atoms with Gasteiger partial charge in [-0.05, 0) is 55.8 Å². The zero-order valence-electron chi connectivity index (χ0n) is 12.0. The molecule has 0 amide bonds. The Labute approximate surface area is 112 Å². The first-order valence-electron chi connectivity index (χ1n) is 7.99. The van der Waals surface area contributed by atoms with Crippen LogP contribution in [0.2, 0.25) is 0 Å². The summed E-state index contributed by atoms with van der Waals surface area (Å²) in [4.78, 5) is 0. The number of hydrogen-bond donors (Lipinski definition) is 2. The molecule has 0 aromatic rings. The van der Waals surface area contributed by atoms with Crippen LogP contribution in [0.15, 0.2) is 0 Å². The van der Waals surface area contributed by atoms with Crippen LogP contribution in [0.4, 0.5) is 0 Å². The third kappa shape index (κ3) is 3.08. The van der Waals surface area contributed by atoms with Gasteiger partial charge in [0.1, 0.15) is 0 Å². The van der Waals surface area contributed by atoms with Crippen LogP contribution in [0.1, 0.15) is 65.2 Å². The van der Waals surface area contributed by atoms with Crippen LogP contribution in [0, 0.1) is 23.7 Å². The van der Waals surface area contributed by atoms with Crippen LogP contribution in [0.25, 0.3) is 0 Å². The SMILES string of the molecule is CCC1CCCC(CC2CCCC(C)C2O)C1O. The summed E-state index contributed by atoms with van der Waals surface area (Å²) in [5, 5.41) is 20.7. The fourth-order valence-corrected chi connectivity index (χ4v) is 4.23. The van der Waals surface area contributed by atoms with E-state index in [0.717, 1.165) is 25.7 Å². The topological polar surface area (TPSA) is 40.5 Å². The van der Waals surface area contributed by atoms with Crippen LogP contribution >= 0.6 is 0 Å². The summed E-state index contributed by atoms with van der Waals surface area (Å²) in [6.45, 7) is 4.36. The van der Waals surface area contributed by atoms with Gasteiger partial charge in [0.15, 0.2) is 0 Å². The molecular weight excluding hydrogens is 224 g/mol. The van der Waals surface area contributed by atoms with Gasteiger partial charge in [-0.3, -0.25) is 0 Å². The van der Waals surface area contributed by atoms with Crippen molar-refractivity contribution in [1.82, 2.24) is 0 Å². The first kappa shape index (κ1) is 14.3. The van der Waals surface area contributed by atoms with Gasteiger partial charge in [-0.25, -0.2) is 0 Å². The van der Waals surface area contributed by atoms with E-state index in [0.29, 0.717) is 23.7 Å². The average Bonchev–Trinajstić information content (AvgIpc) is 2.37. The minimum Gasteiger partial charge on any atom is -0.393 e. The fourth-order valence-electron chi connectivity index (χ4n) is 4.23. The summed E-state index contributed by atoms with van der Waals surface area (Å²) in [5.41, 5.74) is 0. The van der Waals surface area contributed by atoms with Crippen molar-refractivity contribution in [3.63, 3.8) is 0 Å². The molecule has 2 N–H and O–H groups in total. The van der Waals surface area contributed by atoms with Gasteiger partial charge in [0.05, 0.1) is 12.2 Å². The lowest BCUT2D eigenvalue weighted by Gasteiger charge is -2.40. The largest absolute Gasteiger partial charge is 0.393 e. The standard InChI is InChI=1S/C16H30O2/c1-3-12-7-5-9-14(16(12)18)10-13-8-4-6-11(2)15(13)17/h11-18H,3-10H2,1-2H3. The second-order valence-corrected chi connectivity index (χ2v) is 6.74. The first-order valence-corrected chi connectivity index (χ1v) is 7.99. The molecule has 0 radical (unpaired) electrons.